The molecule has 0 unspecified atom stereocenters. The Morgan fingerprint density at radius 3 is 2.47 bits per heavy atom. The third-order valence-corrected chi connectivity index (χ3v) is 3.70. The van der Waals surface area contributed by atoms with Crippen LogP contribution >= 0.6 is 11.6 Å². The van der Waals surface area contributed by atoms with Crippen LogP contribution < -0.4 is 5.32 Å². The van der Waals surface area contributed by atoms with Gasteiger partial charge in [-0.15, -0.1) is 0 Å². The molecular formula is C17H20ClN. The van der Waals surface area contributed by atoms with E-state index in [-0.39, 0.29) is 0 Å². The lowest BCUT2D eigenvalue weighted by Crippen LogP contribution is -2.18. The van der Waals surface area contributed by atoms with Gasteiger partial charge < -0.3 is 5.32 Å². The molecule has 0 saturated heterocycles. The predicted octanol–water partition coefficient (Wildman–Crippen LogP) is 4.81. The number of hydrogen-bond acceptors (Lipinski definition) is 1. The monoisotopic (exact) mass is 273 g/mol. The molecule has 0 amide bonds. The topological polar surface area (TPSA) is 12.0 Å². The first kappa shape index (κ1) is 14.1. The third-order valence-electron chi connectivity index (χ3n) is 3.35. The first-order valence-electron chi connectivity index (χ1n) is 6.61. The average Bonchev–Trinajstić information content (AvgIpc) is 2.37. The molecule has 0 fully saturated rings. The molecule has 1 atom stereocenters. The van der Waals surface area contributed by atoms with Gasteiger partial charge in [-0.3, -0.25) is 0 Å². The molecule has 0 aliphatic carbocycles. The summed E-state index contributed by atoms with van der Waals surface area (Å²) >= 11 is 6.24. The second-order valence-corrected chi connectivity index (χ2v) is 5.52. The van der Waals surface area contributed by atoms with Crippen LogP contribution in [0.2, 0.25) is 5.02 Å². The smallest absolute Gasteiger partial charge is 0.0453 e. The highest BCUT2D eigenvalue weighted by Crippen LogP contribution is 2.19. The van der Waals surface area contributed by atoms with Crippen LogP contribution in [0.4, 0.5) is 0 Å². The van der Waals surface area contributed by atoms with E-state index in [1.54, 1.807) is 0 Å². The molecule has 0 spiro atoms. The zero-order valence-corrected chi connectivity index (χ0v) is 12.5. The predicted molar refractivity (Wildman–Crippen MR) is 82.6 cm³/mol. The summed E-state index contributed by atoms with van der Waals surface area (Å²) in [6.07, 6.45) is 0. The lowest BCUT2D eigenvalue weighted by molar-refractivity contribution is 0.574. The minimum atomic E-state index is 0.317. The Morgan fingerprint density at radius 2 is 1.79 bits per heavy atom. The van der Waals surface area contributed by atoms with Crippen LogP contribution in [-0.4, -0.2) is 0 Å². The normalized spacial score (nSPS) is 12.4. The minimum Gasteiger partial charge on any atom is -0.306 e. The number of aryl methyl sites for hydroxylation is 2. The molecule has 0 aliphatic rings. The number of rotatable bonds is 4. The zero-order chi connectivity index (χ0) is 13.8. The Labute approximate surface area is 120 Å². The molecule has 0 aromatic heterocycles. The summed E-state index contributed by atoms with van der Waals surface area (Å²) in [5.41, 5.74) is 4.94. The number of benzene rings is 2. The second kappa shape index (κ2) is 6.23. The van der Waals surface area contributed by atoms with Gasteiger partial charge in [-0.05, 0) is 43.5 Å². The van der Waals surface area contributed by atoms with Gasteiger partial charge in [0.1, 0.15) is 0 Å². The Kier molecular flexibility index (Phi) is 4.62. The van der Waals surface area contributed by atoms with Gasteiger partial charge in [0.2, 0.25) is 0 Å². The standard InChI is InChI=1S/C17H20ClN/c1-12-5-4-6-15(9-12)14(3)19-11-16-8-7-13(2)10-17(16)18/h4-10,14,19H,11H2,1-3H3/t14-/m0/s1. The van der Waals surface area contributed by atoms with Crippen LogP contribution in [0.25, 0.3) is 0 Å². The van der Waals surface area contributed by atoms with Crippen LogP contribution in [0.1, 0.15) is 35.2 Å². The molecule has 2 rings (SSSR count). The highest BCUT2D eigenvalue weighted by atomic mass is 35.5. The highest BCUT2D eigenvalue weighted by Gasteiger charge is 2.06. The SMILES string of the molecule is Cc1cccc([C@H](C)NCc2ccc(C)cc2Cl)c1. The van der Waals surface area contributed by atoms with Gasteiger partial charge in [0.15, 0.2) is 0 Å². The van der Waals surface area contributed by atoms with E-state index in [9.17, 15) is 0 Å². The van der Waals surface area contributed by atoms with Crippen LogP contribution in [0.3, 0.4) is 0 Å². The van der Waals surface area contributed by atoms with Gasteiger partial charge in [0.05, 0.1) is 0 Å². The number of hydrogen-bond donors (Lipinski definition) is 1. The number of halogens is 1. The average molecular weight is 274 g/mol. The van der Waals surface area contributed by atoms with Gasteiger partial charge in [0, 0.05) is 17.6 Å². The maximum absolute atomic E-state index is 6.24. The summed E-state index contributed by atoms with van der Waals surface area (Å²) in [7, 11) is 0. The van der Waals surface area contributed by atoms with Gasteiger partial charge in [-0.25, -0.2) is 0 Å². The van der Waals surface area contributed by atoms with Crippen molar-refractivity contribution in [2.75, 3.05) is 0 Å². The molecule has 2 aromatic rings. The fraction of sp³-hybridized carbons (Fsp3) is 0.294. The van der Waals surface area contributed by atoms with Crippen molar-refractivity contribution in [1.82, 2.24) is 5.32 Å². The molecule has 0 radical (unpaired) electrons. The summed E-state index contributed by atoms with van der Waals surface area (Å²) in [5.74, 6) is 0. The van der Waals surface area contributed by atoms with Crippen molar-refractivity contribution in [2.45, 2.75) is 33.4 Å². The maximum Gasteiger partial charge on any atom is 0.0453 e. The molecular weight excluding hydrogens is 254 g/mol. The molecule has 0 bridgehead atoms. The molecule has 2 heteroatoms. The minimum absolute atomic E-state index is 0.317. The van der Waals surface area contributed by atoms with E-state index in [2.05, 4.69) is 62.5 Å². The van der Waals surface area contributed by atoms with E-state index < -0.39 is 0 Å². The first-order chi connectivity index (χ1) is 9.06. The fourth-order valence-electron chi connectivity index (χ4n) is 2.12. The van der Waals surface area contributed by atoms with Crippen LogP contribution in [0, 0.1) is 13.8 Å². The highest BCUT2D eigenvalue weighted by molar-refractivity contribution is 6.31. The Balaban J connectivity index is 2.02. The first-order valence-corrected chi connectivity index (χ1v) is 6.99. The van der Waals surface area contributed by atoms with Crippen LogP contribution in [0.5, 0.6) is 0 Å². The quantitative estimate of drug-likeness (QED) is 0.843. The van der Waals surface area contributed by atoms with Gasteiger partial charge in [0.25, 0.3) is 0 Å². The van der Waals surface area contributed by atoms with Crippen molar-refractivity contribution in [2.24, 2.45) is 0 Å². The van der Waals surface area contributed by atoms with E-state index in [0.717, 1.165) is 17.1 Å². The molecule has 2 aromatic carbocycles. The van der Waals surface area contributed by atoms with Crippen LogP contribution in [0.15, 0.2) is 42.5 Å². The van der Waals surface area contributed by atoms with E-state index in [1.165, 1.54) is 16.7 Å². The molecule has 1 nitrogen and oxygen atoms in total. The summed E-state index contributed by atoms with van der Waals surface area (Å²) < 4.78 is 0. The summed E-state index contributed by atoms with van der Waals surface area (Å²) in [5, 5.41) is 4.36. The van der Waals surface area contributed by atoms with Crippen LogP contribution in [-0.2, 0) is 6.54 Å². The number of nitrogens with one attached hydrogen (secondary N) is 1. The van der Waals surface area contributed by atoms with Crippen molar-refractivity contribution in [3.63, 3.8) is 0 Å². The summed E-state index contributed by atoms with van der Waals surface area (Å²) in [6.45, 7) is 7.14. The van der Waals surface area contributed by atoms with E-state index in [0.29, 0.717) is 6.04 Å². The maximum atomic E-state index is 6.24. The van der Waals surface area contributed by atoms with Gasteiger partial charge >= 0.3 is 0 Å². The van der Waals surface area contributed by atoms with Gasteiger partial charge in [-0.2, -0.15) is 0 Å². The van der Waals surface area contributed by atoms with E-state index >= 15 is 0 Å². The van der Waals surface area contributed by atoms with E-state index in [1.807, 2.05) is 6.07 Å². The summed E-state index contributed by atoms with van der Waals surface area (Å²) in [6, 6.07) is 15.1. The van der Waals surface area contributed by atoms with Crippen molar-refractivity contribution >= 4 is 11.6 Å². The largest absolute Gasteiger partial charge is 0.306 e. The van der Waals surface area contributed by atoms with Crippen molar-refractivity contribution in [3.8, 4) is 0 Å². The molecule has 100 valence electrons. The van der Waals surface area contributed by atoms with Crippen molar-refractivity contribution in [1.29, 1.82) is 0 Å². The Morgan fingerprint density at radius 1 is 1.05 bits per heavy atom. The second-order valence-electron chi connectivity index (χ2n) is 5.11. The van der Waals surface area contributed by atoms with E-state index in [4.69, 9.17) is 11.6 Å². The Hall–Kier alpha value is -1.31. The fourth-order valence-corrected chi connectivity index (χ4v) is 2.42. The lowest BCUT2D eigenvalue weighted by Gasteiger charge is -2.15. The molecule has 0 aliphatic heterocycles. The van der Waals surface area contributed by atoms with Crippen molar-refractivity contribution < 1.29 is 0 Å². The van der Waals surface area contributed by atoms with Gasteiger partial charge in [-0.1, -0.05) is 53.6 Å². The van der Waals surface area contributed by atoms with Crippen molar-refractivity contribution in [3.05, 3.63) is 69.7 Å². The Bertz CT molecular complexity index is 563. The molecule has 19 heavy (non-hydrogen) atoms. The lowest BCUT2D eigenvalue weighted by atomic mass is 10.1. The molecule has 0 saturated carbocycles. The molecule has 0 heterocycles. The zero-order valence-electron chi connectivity index (χ0n) is 11.7. The molecule has 1 N–H and O–H groups in total. The third kappa shape index (κ3) is 3.82. The summed E-state index contributed by atoms with van der Waals surface area (Å²) in [4.78, 5) is 0.